The van der Waals surface area contributed by atoms with E-state index in [9.17, 15) is 13.6 Å². The molecule has 0 saturated heterocycles. The Morgan fingerprint density at radius 3 is 2.36 bits per heavy atom. The van der Waals surface area contributed by atoms with Gasteiger partial charge in [-0.15, -0.1) is 0 Å². The summed E-state index contributed by atoms with van der Waals surface area (Å²) in [6, 6.07) is 0. The maximum Gasteiger partial charge on any atom is 0.372 e. The summed E-state index contributed by atoms with van der Waals surface area (Å²) in [4.78, 5) is 10.4. The molecule has 3 nitrogen and oxygen atoms in total. The number of esters is 1. The summed E-state index contributed by atoms with van der Waals surface area (Å²) in [6.07, 6.45) is 0.0119. The van der Waals surface area contributed by atoms with Crippen LogP contribution in [0.3, 0.4) is 0 Å². The fraction of sp³-hybridized carbons (Fsp3) is 0.500. The highest BCUT2D eigenvalue weighted by atomic mass is 19.2. The lowest BCUT2D eigenvalue weighted by atomic mass is 10.1. The lowest BCUT2D eigenvalue weighted by Gasteiger charge is -2.18. The highest BCUT2D eigenvalue weighted by Crippen LogP contribution is 2.32. The summed E-state index contributed by atoms with van der Waals surface area (Å²) in [6.45, 7) is 1.49. The van der Waals surface area contributed by atoms with Gasteiger partial charge >= 0.3 is 5.97 Å². The highest BCUT2D eigenvalue weighted by molar-refractivity contribution is 5.89. The van der Waals surface area contributed by atoms with Crippen molar-refractivity contribution in [2.75, 3.05) is 0 Å². The number of carbonyl (C=O) groups is 1. The first-order chi connectivity index (χ1) is 5.01. The van der Waals surface area contributed by atoms with E-state index in [4.69, 9.17) is 5.73 Å². The Hall–Kier alpha value is -0.970. The predicted octanol–water partition coefficient (Wildman–Crippen LogP) is 0.759. The van der Waals surface area contributed by atoms with E-state index in [2.05, 4.69) is 4.74 Å². The van der Waals surface area contributed by atoms with E-state index in [1.54, 1.807) is 0 Å². The second-order valence-corrected chi connectivity index (χ2v) is 2.26. The van der Waals surface area contributed by atoms with Gasteiger partial charge in [-0.25, -0.2) is 9.18 Å². The zero-order valence-electron chi connectivity index (χ0n) is 5.86. The number of nitrogens with two attached hydrogens (primary N) is 1. The average Bonchev–Trinajstić information content (AvgIpc) is 2.17. The predicted molar refractivity (Wildman–Crippen MR) is 32.5 cm³/mol. The van der Waals surface area contributed by atoms with Crippen LogP contribution in [0.2, 0.25) is 0 Å². The Morgan fingerprint density at radius 2 is 2.18 bits per heavy atom. The molecule has 1 atom stereocenters. The van der Waals surface area contributed by atoms with Crippen LogP contribution in [0.15, 0.2) is 11.7 Å². The first-order valence-electron chi connectivity index (χ1n) is 3.09. The van der Waals surface area contributed by atoms with Crippen molar-refractivity contribution in [2.45, 2.75) is 19.1 Å². The molecule has 62 valence electrons. The summed E-state index contributed by atoms with van der Waals surface area (Å²) in [5.41, 5.74) is 3.29. The number of hydrogen-bond donors (Lipinski definition) is 1. The molecule has 2 N–H and O–H groups in total. The third-order valence-corrected chi connectivity index (χ3v) is 1.54. The summed E-state index contributed by atoms with van der Waals surface area (Å²) in [5, 5.41) is 0. The Labute approximate surface area is 61.8 Å². The number of halogens is 2. The van der Waals surface area contributed by atoms with E-state index in [1.807, 2.05) is 0 Å². The topological polar surface area (TPSA) is 52.3 Å². The molecule has 0 aliphatic carbocycles. The van der Waals surface area contributed by atoms with Gasteiger partial charge in [-0.1, -0.05) is 6.92 Å². The molecule has 0 aromatic heterocycles. The van der Waals surface area contributed by atoms with Gasteiger partial charge in [-0.2, -0.15) is 4.39 Å². The first-order valence-corrected chi connectivity index (χ1v) is 3.09. The zero-order valence-corrected chi connectivity index (χ0v) is 5.86. The molecule has 1 heterocycles. The van der Waals surface area contributed by atoms with Crippen LogP contribution in [0.25, 0.3) is 0 Å². The fourth-order valence-electron chi connectivity index (χ4n) is 0.758. The minimum Gasteiger partial charge on any atom is -0.432 e. The smallest absolute Gasteiger partial charge is 0.372 e. The fourth-order valence-corrected chi connectivity index (χ4v) is 0.758. The Bertz CT molecular complexity index is 239. The molecule has 0 aromatic rings. The maximum atomic E-state index is 12.7. The molecule has 0 saturated carbocycles. The zero-order chi connectivity index (χ0) is 8.65. The van der Waals surface area contributed by atoms with Gasteiger partial charge in [0.2, 0.25) is 17.4 Å². The number of hydrogen-bond acceptors (Lipinski definition) is 3. The molecule has 1 aliphatic rings. The molecular weight excluding hydrogens is 156 g/mol. The van der Waals surface area contributed by atoms with Crippen LogP contribution in [-0.2, 0) is 9.53 Å². The highest BCUT2D eigenvalue weighted by Gasteiger charge is 2.45. The van der Waals surface area contributed by atoms with E-state index >= 15 is 0 Å². The largest absolute Gasteiger partial charge is 0.432 e. The monoisotopic (exact) mass is 163 g/mol. The lowest BCUT2D eigenvalue weighted by Crippen LogP contribution is -2.40. The minimum absolute atomic E-state index is 0.0119. The van der Waals surface area contributed by atoms with Gasteiger partial charge in [0.05, 0.1) is 0 Å². The van der Waals surface area contributed by atoms with Crippen LogP contribution in [0.5, 0.6) is 0 Å². The molecule has 1 unspecified atom stereocenters. The second kappa shape index (κ2) is 2.27. The normalized spacial score (nSPS) is 31.1. The summed E-state index contributed by atoms with van der Waals surface area (Å²) < 4.78 is 29.2. The van der Waals surface area contributed by atoms with Crippen LogP contribution in [0.1, 0.15) is 13.3 Å². The quantitative estimate of drug-likeness (QED) is 0.580. The Balaban J connectivity index is 3.03. The molecule has 0 radical (unpaired) electrons. The standard InChI is InChI=1S/C6H7F2NO2/c1-2-6(9)4(8)3(7)5(10)11-6/h2,9H2,1H3. The summed E-state index contributed by atoms with van der Waals surface area (Å²) >= 11 is 0. The van der Waals surface area contributed by atoms with Crippen LogP contribution in [0.4, 0.5) is 8.78 Å². The number of rotatable bonds is 1. The molecule has 0 spiro atoms. The van der Waals surface area contributed by atoms with Gasteiger partial charge in [-0.05, 0) is 0 Å². The third-order valence-electron chi connectivity index (χ3n) is 1.54. The van der Waals surface area contributed by atoms with Gasteiger partial charge in [0.25, 0.3) is 0 Å². The Morgan fingerprint density at radius 1 is 1.64 bits per heavy atom. The summed E-state index contributed by atoms with van der Waals surface area (Å²) in [7, 11) is 0. The van der Waals surface area contributed by atoms with Crippen molar-refractivity contribution < 1.29 is 18.3 Å². The van der Waals surface area contributed by atoms with Crippen molar-refractivity contribution in [2.24, 2.45) is 5.73 Å². The van der Waals surface area contributed by atoms with Gasteiger partial charge in [-0.3, -0.25) is 5.73 Å². The van der Waals surface area contributed by atoms with E-state index in [1.165, 1.54) is 6.92 Å². The molecule has 0 fully saturated rings. The molecule has 0 aromatic carbocycles. The van der Waals surface area contributed by atoms with Gasteiger partial charge < -0.3 is 4.74 Å². The number of cyclic esters (lactones) is 1. The van der Waals surface area contributed by atoms with Crippen LogP contribution in [-0.4, -0.2) is 11.7 Å². The average molecular weight is 163 g/mol. The van der Waals surface area contributed by atoms with E-state index in [0.29, 0.717) is 0 Å². The molecular formula is C6H7F2NO2. The van der Waals surface area contributed by atoms with Crippen LogP contribution < -0.4 is 5.73 Å². The van der Waals surface area contributed by atoms with E-state index in [0.717, 1.165) is 0 Å². The van der Waals surface area contributed by atoms with E-state index in [-0.39, 0.29) is 6.42 Å². The van der Waals surface area contributed by atoms with Gasteiger partial charge in [0.1, 0.15) is 0 Å². The molecule has 5 heteroatoms. The number of ether oxygens (including phenoxy) is 1. The van der Waals surface area contributed by atoms with Crippen molar-refractivity contribution in [3.63, 3.8) is 0 Å². The maximum absolute atomic E-state index is 12.7. The third kappa shape index (κ3) is 1.01. The van der Waals surface area contributed by atoms with Crippen molar-refractivity contribution in [3.05, 3.63) is 11.7 Å². The molecule has 0 amide bonds. The molecule has 1 rings (SSSR count). The van der Waals surface area contributed by atoms with Gasteiger partial charge in [0.15, 0.2) is 0 Å². The van der Waals surface area contributed by atoms with Crippen molar-refractivity contribution in [1.82, 2.24) is 0 Å². The molecule has 0 bridgehead atoms. The second-order valence-electron chi connectivity index (χ2n) is 2.26. The number of carbonyl (C=O) groups excluding carboxylic acids is 1. The van der Waals surface area contributed by atoms with Crippen molar-refractivity contribution >= 4 is 5.97 Å². The lowest BCUT2D eigenvalue weighted by molar-refractivity contribution is -0.148. The van der Waals surface area contributed by atoms with Crippen LogP contribution >= 0.6 is 0 Å². The minimum atomic E-state index is -1.87. The molecule has 11 heavy (non-hydrogen) atoms. The van der Waals surface area contributed by atoms with E-state index < -0.39 is 23.3 Å². The Kier molecular flexibility index (Phi) is 1.67. The SMILES string of the molecule is CCC1(N)OC(=O)C(F)=C1F. The molecule has 1 aliphatic heterocycles. The summed E-state index contributed by atoms with van der Waals surface area (Å²) in [5.74, 6) is -4.16. The van der Waals surface area contributed by atoms with Gasteiger partial charge in [0, 0.05) is 6.42 Å². The van der Waals surface area contributed by atoms with Crippen molar-refractivity contribution in [1.29, 1.82) is 0 Å². The first kappa shape index (κ1) is 8.13. The van der Waals surface area contributed by atoms with Crippen molar-refractivity contribution in [3.8, 4) is 0 Å². The van der Waals surface area contributed by atoms with Crippen LogP contribution in [0, 0.1) is 0 Å².